The summed E-state index contributed by atoms with van der Waals surface area (Å²) in [6.07, 6.45) is 0. The summed E-state index contributed by atoms with van der Waals surface area (Å²) in [7, 11) is 0. The molecule has 0 bridgehead atoms. The van der Waals surface area contributed by atoms with E-state index in [-0.39, 0.29) is 0 Å². The normalized spacial score (nSPS) is 10.9. The van der Waals surface area contributed by atoms with Gasteiger partial charge in [-0.2, -0.15) is 0 Å². The van der Waals surface area contributed by atoms with Crippen molar-refractivity contribution in [2.75, 3.05) is 14.7 Å². The quantitative estimate of drug-likeness (QED) is 0.0897. The Morgan fingerprint density at radius 1 is 0.193 bits per heavy atom. The van der Waals surface area contributed by atoms with Crippen LogP contribution in [0.1, 0.15) is 16.7 Å². The van der Waals surface area contributed by atoms with Crippen LogP contribution in [-0.2, 0) is 0 Å². The van der Waals surface area contributed by atoms with E-state index >= 15 is 0 Å². The van der Waals surface area contributed by atoms with Crippen molar-refractivity contribution in [1.29, 1.82) is 15.8 Å². The third kappa shape index (κ3) is 10.9. The molecule has 0 heterocycles. The van der Waals surface area contributed by atoms with Crippen LogP contribution in [0.25, 0.3) is 33.4 Å². The third-order valence-electron chi connectivity index (χ3n) is 16.4. The predicted octanol–water partition coefficient (Wildman–Crippen LogP) is 18.1. The number of hydrogen-bond acceptors (Lipinski definition) is 6. The van der Waals surface area contributed by atoms with Gasteiger partial charge in [-0.25, -0.2) is 0 Å². The summed E-state index contributed by atoms with van der Waals surface area (Å²) >= 11 is -4.19. The fourth-order valence-electron chi connectivity index (χ4n) is 12.2. The Kier molecular flexibility index (Phi) is 15.9. The van der Waals surface area contributed by atoms with Crippen molar-refractivity contribution in [1.82, 2.24) is 0 Å². The monoisotopic (exact) mass is 1190 g/mol. The van der Waals surface area contributed by atoms with Crippen LogP contribution in [0.15, 0.2) is 340 Å². The van der Waals surface area contributed by atoms with Crippen LogP contribution < -0.4 is 32.3 Å². The molecule has 0 unspecified atom stereocenters. The number of para-hydroxylation sites is 4. The molecular formula is C81H56GeN6. The molecule has 13 rings (SSSR count). The Morgan fingerprint density at radius 2 is 0.375 bits per heavy atom. The first-order valence-electron chi connectivity index (χ1n) is 29.2. The van der Waals surface area contributed by atoms with Gasteiger partial charge in [0, 0.05) is 0 Å². The number of anilines is 9. The van der Waals surface area contributed by atoms with Gasteiger partial charge in [0.05, 0.1) is 0 Å². The van der Waals surface area contributed by atoms with Gasteiger partial charge in [-0.15, -0.1) is 0 Å². The molecule has 13 aromatic carbocycles. The maximum atomic E-state index is 10.2. The fraction of sp³-hybridized carbons (Fsp3) is 0. The minimum absolute atomic E-state index is 0.614. The van der Waals surface area contributed by atoms with Gasteiger partial charge < -0.3 is 0 Å². The molecule has 6 nitrogen and oxygen atoms in total. The van der Waals surface area contributed by atoms with Crippen LogP contribution in [0.2, 0.25) is 0 Å². The topological polar surface area (TPSA) is 81.1 Å². The minimum atomic E-state index is -4.19. The Hall–Kier alpha value is -11.7. The van der Waals surface area contributed by atoms with E-state index in [0.29, 0.717) is 16.7 Å². The maximum absolute atomic E-state index is 10.2. The number of benzene rings is 13. The van der Waals surface area contributed by atoms with E-state index in [9.17, 15) is 15.8 Å². The van der Waals surface area contributed by atoms with E-state index in [1.165, 1.54) is 17.6 Å². The molecule has 88 heavy (non-hydrogen) atoms. The second-order valence-electron chi connectivity index (χ2n) is 21.4. The number of rotatable bonds is 16. The third-order valence-corrected chi connectivity index (χ3v) is 26.4. The average molecular weight is 1190 g/mol. The van der Waals surface area contributed by atoms with Gasteiger partial charge in [0.2, 0.25) is 0 Å². The molecule has 7 heteroatoms. The molecule has 0 aliphatic carbocycles. The first-order chi connectivity index (χ1) is 43.5. The Labute approximate surface area is 517 Å². The second kappa shape index (κ2) is 25.2. The van der Waals surface area contributed by atoms with Crippen molar-refractivity contribution in [2.45, 2.75) is 0 Å². The van der Waals surface area contributed by atoms with E-state index in [0.717, 1.165) is 84.6 Å². The zero-order valence-electron chi connectivity index (χ0n) is 48.0. The fourth-order valence-corrected chi connectivity index (χ4v) is 22.0. The molecule has 414 valence electrons. The molecule has 0 aliphatic heterocycles. The van der Waals surface area contributed by atoms with Crippen molar-refractivity contribution >= 4 is 82.0 Å². The molecule has 0 aliphatic rings. The molecular weight excluding hydrogens is 1130 g/mol. The van der Waals surface area contributed by atoms with Gasteiger partial charge >= 0.3 is 448 Å². The van der Waals surface area contributed by atoms with E-state index < -0.39 is 13.3 Å². The molecule has 0 aromatic heterocycles. The summed E-state index contributed by atoms with van der Waals surface area (Å²) in [6.45, 7) is 0. The Morgan fingerprint density at radius 3 is 0.602 bits per heavy atom. The SMILES string of the molecule is N#Cc1ccccc1-c1cc[c]([Ge]([c]2ccc(-c3ccccc3C#N)cc2)([c]2ccc(-c3ccccc3C#N)cc2)[c]2ccc(N(c3ccc(N(c4ccccc4)c4ccccc4)cc3)c3ccc(N(c4ccccc4)c4ccccc4)cc3)cc2)cc1. The van der Waals surface area contributed by atoms with Crippen LogP contribution in [0.5, 0.6) is 0 Å². The van der Waals surface area contributed by atoms with Crippen molar-refractivity contribution < 1.29 is 0 Å². The molecule has 0 radical (unpaired) electrons. The molecule has 0 spiro atoms. The first-order valence-corrected chi connectivity index (χ1v) is 33.4. The average Bonchev–Trinajstić information content (AvgIpc) is 0.933. The van der Waals surface area contributed by atoms with Crippen molar-refractivity contribution in [3.05, 3.63) is 356 Å². The summed E-state index contributed by atoms with van der Waals surface area (Å²) in [5.41, 5.74) is 16.6. The summed E-state index contributed by atoms with van der Waals surface area (Å²) in [5.74, 6) is 0. The zero-order valence-corrected chi connectivity index (χ0v) is 50.1. The van der Waals surface area contributed by atoms with Crippen molar-refractivity contribution in [3.63, 3.8) is 0 Å². The number of hydrogen-bond donors (Lipinski definition) is 0. The van der Waals surface area contributed by atoms with E-state index in [1.54, 1.807) is 0 Å². The van der Waals surface area contributed by atoms with Gasteiger partial charge in [-0.3, -0.25) is 0 Å². The van der Waals surface area contributed by atoms with E-state index in [2.05, 4.69) is 276 Å². The van der Waals surface area contributed by atoms with Crippen LogP contribution >= 0.6 is 0 Å². The Balaban J connectivity index is 0.997. The van der Waals surface area contributed by atoms with Gasteiger partial charge in [0.15, 0.2) is 0 Å². The summed E-state index contributed by atoms with van der Waals surface area (Å²) in [4.78, 5) is 6.90. The van der Waals surface area contributed by atoms with Crippen LogP contribution in [0, 0.1) is 34.0 Å². The molecule has 13 aromatic rings. The predicted molar refractivity (Wildman–Crippen MR) is 365 cm³/mol. The molecule has 0 atom stereocenters. The summed E-state index contributed by atoms with van der Waals surface area (Å²) in [5, 5.41) is 30.7. The van der Waals surface area contributed by atoms with Crippen molar-refractivity contribution in [2.24, 2.45) is 0 Å². The van der Waals surface area contributed by atoms with Crippen LogP contribution in [-0.4, -0.2) is 13.3 Å². The van der Waals surface area contributed by atoms with E-state index in [4.69, 9.17) is 0 Å². The van der Waals surface area contributed by atoms with Crippen molar-refractivity contribution in [3.8, 4) is 51.6 Å². The van der Waals surface area contributed by atoms with Gasteiger partial charge in [-0.05, 0) is 0 Å². The van der Waals surface area contributed by atoms with Crippen LogP contribution in [0.3, 0.4) is 0 Å². The van der Waals surface area contributed by atoms with Crippen LogP contribution in [0.4, 0.5) is 51.2 Å². The Bertz CT molecular complexity index is 4210. The van der Waals surface area contributed by atoms with E-state index in [1.807, 2.05) is 97.1 Å². The second-order valence-corrected chi connectivity index (χ2v) is 29.4. The van der Waals surface area contributed by atoms with Gasteiger partial charge in [0.25, 0.3) is 0 Å². The number of nitriles is 3. The number of nitrogens with zero attached hydrogens (tertiary/aromatic N) is 6. The standard InChI is InChI=1S/C81H56GeN6/c83-57-63-19-13-16-30-79(63)60-33-39-66(40-34-60)82(67-41-35-61(36-42-67)80-31-17-14-20-64(80)58-84,68-43-37-62(38-44-68)81-32-18-15-21-65(81)59-85)69-45-47-74(48-46-69)88(77-53-49-75(50-54-77)86(70-22-5-1-6-23-70)71-24-7-2-8-25-71)78-55-51-76(52-56-78)87(72-26-9-3-10-27-72)73-28-11-4-12-29-73/h1-56H. The molecule has 0 fully saturated rings. The first kappa shape index (κ1) is 55.5. The van der Waals surface area contributed by atoms with Gasteiger partial charge in [0.1, 0.15) is 0 Å². The van der Waals surface area contributed by atoms with Gasteiger partial charge in [-0.1, -0.05) is 72.8 Å². The molecule has 0 N–H and O–H groups in total. The summed E-state index contributed by atoms with van der Waals surface area (Å²) < 4.78 is 4.75. The molecule has 0 saturated heterocycles. The zero-order chi connectivity index (χ0) is 59.7. The summed E-state index contributed by atoms with van der Waals surface area (Å²) in [6, 6.07) is 126. The molecule has 0 saturated carbocycles. The molecule has 0 amide bonds.